The van der Waals surface area contributed by atoms with Gasteiger partial charge in [-0.2, -0.15) is 0 Å². The van der Waals surface area contributed by atoms with Crippen molar-refractivity contribution in [2.45, 2.75) is 0 Å². The fraction of sp³-hybridized carbons (Fsp3) is 0.0833. The molecule has 0 saturated carbocycles. The normalized spacial score (nSPS) is 10.5. The van der Waals surface area contributed by atoms with Gasteiger partial charge in [-0.3, -0.25) is 10.1 Å². The Bertz CT molecular complexity index is 1020. The quantitative estimate of drug-likeness (QED) is 0.275. The van der Waals surface area contributed by atoms with Crippen LogP contribution in [0.25, 0.3) is 6.08 Å². The zero-order valence-electron chi connectivity index (χ0n) is 16.6. The Kier molecular flexibility index (Phi) is 8.46. The molecule has 0 aromatic heterocycles. The lowest BCUT2D eigenvalue weighted by molar-refractivity contribution is -0.115. The Morgan fingerprint density at radius 2 is 1.48 bits per heavy atom. The minimum Gasteiger partial charge on any atom is -0.490 e. The van der Waals surface area contributed by atoms with Gasteiger partial charge in [0.05, 0.1) is 0 Å². The fourth-order valence-electron chi connectivity index (χ4n) is 2.53. The van der Waals surface area contributed by atoms with E-state index in [1.54, 1.807) is 18.2 Å². The summed E-state index contributed by atoms with van der Waals surface area (Å²) in [4.78, 5) is 12.0. The number of thiocarbonyl (C=S) groups is 1. The van der Waals surface area contributed by atoms with Crippen LogP contribution in [0.4, 0.5) is 5.69 Å². The van der Waals surface area contributed by atoms with Crippen molar-refractivity contribution in [3.8, 4) is 11.5 Å². The summed E-state index contributed by atoms with van der Waals surface area (Å²) >= 11 is 11.0. The maximum atomic E-state index is 12.0. The highest BCUT2D eigenvalue weighted by Crippen LogP contribution is 2.16. The predicted octanol–water partition coefficient (Wildman–Crippen LogP) is 5.32. The molecular weight excluding hydrogens is 432 g/mol. The van der Waals surface area contributed by atoms with Crippen LogP contribution in [-0.2, 0) is 4.79 Å². The summed E-state index contributed by atoms with van der Waals surface area (Å²) in [6.45, 7) is 0.875. The molecule has 0 fully saturated rings. The molecule has 2 N–H and O–H groups in total. The predicted molar refractivity (Wildman–Crippen MR) is 129 cm³/mol. The SMILES string of the molecule is O=C(/C=C/c1ccc(Cl)cc1)NC(=S)Nc1ccc(OCCOc2ccccc2)cc1. The lowest BCUT2D eigenvalue weighted by atomic mass is 10.2. The third kappa shape index (κ3) is 8.12. The van der Waals surface area contributed by atoms with Crippen molar-refractivity contribution in [1.82, 2.24) is 5.32 Å². The molecule has 7 heteroatoms. The molecule has 0 saturated heterocycles. The molecular formula is C24H21ClN2O3S. The van der Waals surface area contributed by atoms with Gasteiger partial charge < -0.3 is 14.8 Å². The number of carbonyl (C=O) groups excluding carboxylic acids is 1. The van der Waals surface area contributed by atoms with Crippen molar-refractivity contribution in [1.29, 1.82) is 0 Å². The molecule has 0 atom stereocenters. The van der Waals surface area contributed by atoms with Gasteiger partial charge in [-0.1, -0.05) is 41.9 Å². The van der Waals surface area contributed by atoms with Crippen LogP contribution in [0.1, 0.15) is 5.56 Å². The number of hydrogen-bond acceptors (Lipinski definition) is 4. The molecule has 31 heavy (non-hydrogen) atoms. The lowest BCUT2D eigenvalue weighted by Crippen LogP contribution is -2.32. The van der Waals surface area contributed by atoms with Gasteiger partial charge in [0.2, 0.25) is 5.91 Å². The van der Waals surface area contributed by atoms with Gasteiger partial charge in [0, 0.05) is 16.8 Å². The molecule has 0 heterocycles. The van der Waals surface area contributed by atoms with Gasteiger partial charge >= 0.3 is 0 Å². The first kappa shape index (κ1) is 22.3. The molecule has 5 nitrogen and oxygen atoms in total. The molecule has 0 spiro atoms. The zero-order valence-corrected chi connectivity index (χ0v) is 18.2. The van der Waals surface area contributed by atoms with Crippen molar-refractivity contribution in [2.24, 2.45) is 0 Å². The van der Waals surface area contributed by atoms with Gasteiger partial charge in [0.25, 0.3) is 0 Å². The summed E-state index contributed by atoms with van der Waals surface area (Å²) in [7, 11) is 0. The van der Waals surface area contributed by atoms with Gasteiger partial charge in [0.15, 0.2) is 5.11 Å². The molecule has 3 rings (SSSR count). The fourth-order valence-corrected chi connectivity index (χ4v) is 2.88. The van der Waals surface area contributed by atoms with Gasteiger partial charge in [0.1, 0.15) is 24.7 Å². The van der Waals surface area contributed by atoms with Gasteiger partial charge in [-0.05, 0) is 72.4 Å². The van der Waals surface area contributed by atoms with Crippen LogP contribution < -0.4 is 20.1 Å². The minimum atomic E-state index is -0.328. The number of para-hydroxylation sites is 1. The molecule has 0 aliphatic carbocycles. The Hall–Kier alpha value is -3.35. The van der Waals surface area contributed by atoms with Crippen molar-refractivity contribution in [3.05, 3.63) is 95.5 Å². The molecule has 158 valence electrons. The van der Waals surface area contributed by atoms with E-state index in [0.717, 1.165) is 17.0 Å². The Morgan fingerprint density at radius 3 is 2.13 bits per heavy atom. The van der Waals surface area contributed by atoms with E-state index in [1.165, 1.54) is 6.08 Å². The summed E-state index contributed by atoms with van der Waals surface area (Å²) in [5.41, 5.74) is 1.60. The maximum Gasteiger partial charge on any atom is 0.250 e. The van der Waals surface area contributed by atoms with E-state index in [1.807, 2.05) is 66.7 Å². The van der Waals surface area contributed by atoms with Crippen LogP contribution in [0.5, 0.6) is 11.5 Å². The highest BCUT2D eigenvalue weighted by Gasteiger charge is 2.03. The maximum absolute atomic E-state index is 12.0. The van der Waals surface area contributed by atoms with Crippen LogP contribution in [0.2, 0.25) is 5.02 Å². The summed E-state index contributed by atoms with van der Waals surface area (Å²) in [6.07, 6.45) is 3.09. The first-order chi connectivity index (χ1) is 15.1. The second kappa shape index (κ2) is 11.7. The highest BCUT2D eigenvalue weighted by molar-refractivity contribution is 7.80. The number of benzene rings is 3. The smallest absolute Gasteiger partial charge is 0.250 e. The van der Waals surface area contributed by atoms with Crippen molar-refractivity contribution in [2.75, 3.05) is 18.5 Å². The summed E-state index contributed by atoms with van der Waals surface area (Å²) in [5.74, 6) is 1.19. The zero-order chi connectivity index (χ0) is 21.9. The van der Waals surface area contributed by atoms with Crippen LogP contribution >= 0.6 is 23.8 Å². The molecule has 3 aromatic rings. The Morgan fingerprint density at radius 1 is 0.871 bits per heavy atom. The number of amides is 1. The average molecular weight is 453 g/mol. The largest absolute Gasteiger partial charge is 0.490 e. The molecule has 0 bridgehead atoms. The first-order valence-electron chi connectivity index (χ1n) is 9.55. The average Bonchev–Trinajstić information content (AvgIpc) is 2.78. The summed E-state index contributed by atoms with van der Waals surface area (Å²) in [5, 5.41) is 6.41. The topological polar surface area (TPSA) is 59.6 Å². The minimum absolute atomic E-state index is 0.204. The summed E-state index contributed by atoms with van der Waals surface area (Å²) in [6, 6.07) is 24.0. The van der Waals surface area contributed by atoms with Crippen molar-refractivity contribution in [3.63, 3.8) is 0 Å². The number of ether oxygens (including phenoxy) is 2. The molecule has 0 aliphatic rings. The van der Waals surface area contributed by atoms with E-state index < -0.39 is 0 Å². The van der Waals surface area contributed by atoms with E-state index in [2.05, 4.69) is 10.6 Å². The van der Waals surface area contributed by atoms with Gasteiger partial charge in [-0.25, -0.2) is 0 Å². The van der Waals surface area contributed by atoms with E-state index in [9.17, 15) is 4.79 Å². The molecule has 0 unspecified atom stereocenters. The Labute approximate surface area is 191 Å². The number of halogens is 1. The van der Waals surface area contributed by atoms with Gasteiger partial charge in [-0.15, -0.1) is 0 Å². The van der Waals surface area contributed by atoms with E-state index >= 15 is 0 Å². The molecule has 0 radical (unpaired) electrons. The second-order valence-electron chi connectivity index (χ2n) is 6.36. The Balaban J connectivity index is 1.38. The van der Waals surface area contributed by atoms with E-state index in [4.69, 9.17) is 33.3 Å². The third-order valence-electron chi connectivity index (χ3n) is 4.01. The number of hydrogen-bond donors (Lipinski definition) is 2. The van der Waals surface area contributed by atoms with Crippen LogP contribution in [-0.4, -0.2) is 24.2 Å². The van der Waals surface area contributed by atoms with Crippen molar-refractivity contribution < 1.29 is 14.3 Å². The number of anilines is 1. The second-order valence-corrected chi connectivity index (χ2v) is 7.21. The van der Waals surface area contributed by atoms with E-state index in [-0.39, 0.29) is 11.0 Å². The number of rotatable bonds is 8. The third-order valence-corrected chi connectivity index (χ3v) is 4.47. The van der Waals surface area contributed by atoms with Crippen LogP contribution in [0.15, 0.2) is 84.9 Å². The monoisotopic (exact) mass is 452 g/mol. The number of nitrogens with one attached hydrogen (secondary N) is 2. The first-order valence-corrected chi connectivity index (χ1v) is 10.3. The summed E-state index contributed by atoms with van der Waals surface area (Å²) < 4.78 is 11.2. The molecule has 0 aliphatic heterocycles. The van der Waals surface area contributed by atoms with E-state index in [0.29, 0.717) is 24.0 Å². The van der Waals surface area contributed by atoms with Crippen molar-refractivity contribution >= 4 is 46.6 Å². The molecule has 3 aromatic carbocycles. The van der Waals surface area contributed by atoms with Crippen LogP contribution in [0, 0.1) is 0 Å². The number of carbonyl (C=O) groups is 1. The van der Waals surface area contributed by atoms with Crippen LogP contribution in [0.3, 0.4) is 0 Å². The standard InChI is InChI=1S/C24H21ClN2O3S/c25-19-9-6-18(7-10-19)8-15-23(28)27-24(31)26-20-11-13-22(14-12-20)30-17-16-29-21-4-2-1-3-5-21/h1-15H,16-17H2,(H2,26,27,28,31)/b15-8+. The lowest BCUT2D eigenvalue weighted by Gasteiger charge is -2.10. The molecule has 1 amide bonds. The highest BCUT2D eigenvalue weighted by atomic mass is 35.5.